The first-order chi connectivity index (χ1) is 15.6. The zero-order chi connectivity index (χ0) is 22.3. The molecule has 0 spiro atoms. The van der Waals surface area contributed by atoms with Gasteiger partial charge in [-0.15, -0.1) is 11.8 Å². The quantitative estimate of drug-likeness (QED) is 0.677. The van der Waals surface area contributed by atoms with E-state index in [0.29, 0.717) is 19.8 Å². The lowest BCUT2D eigenvalue weighted by Crippen LogP contribution is -2.37. The predicted molar refractivity (Wildman–Crippen MR) is 120 cm³/mol. The van der Waals surface area contributed by atoms with Gasteiger partial charge in [-0.05, 0) is 66.2 Å². The maximum atomic E-state index is 12.4. The maximum Gasteiger partial charge on any atom is 0.433 e. The average molecular weight is 455 g/mol. The highest BCUT2D eigenvalue weighted by Crippen LogP contribution is 2.49. The van der Waals surface area contributed by atoms with Crippen molar-refractivity contribution in [2.45, 2.75) is 37.5 Å². The molecule has 4 rings (SSSR count). The van der Waals surface area contributed by atoms with Crippen LogP contribution in [0.4, 0.5) is 4.79 Å². The smallest absolute Gasteiger partial charge is 0.433 e. The number of hydrogen-bond donors (Lipinski definition) is 1. The maximum absolute atomic E-state index is 12.4. The van der Waals surface area contributed by atoms with Crippen LogP contribution in [0.25, 0.3) is 6.08 Å². The van der Waals surface area contributed by atoms with Crippen molar-refractivity contribution in [1.29, 1.82) is 5.26 Å². The molecule has 2 amide bonds. The van der Waals surface area contributed by atoms with Crippen LogP contribution in [-0.4, -0.2) is 47.2 Å². The van der Waals surface area contributed by atoms with Gasteiger partial charge in [0.25, 0.3) is 0 Å². The molecule has 3 aliphatic rings. The normalized spacial score (nSPS) is 25.3. The van der Waals surface area contributed by atoms with Gasteiger partial charge in [0.1, 0.15) is 0 Å². The topological polar surface area (TPSA) is 105 Å². The van der Waals surface area contributed by atoms with Crippen molar-refractivity contribution >= 4 is 29.8 Å². The van der Waals surface area contributed by atoms with Crippen molar-refractivity contribution in [1.82, 2.24) is 15.4 Å². The largest absolute Gasteiger partial charge is 0.448 e. The molecule has 0 saturated carbocycles. The first-order valence-corrected chi connectivity index (χ1v) is 11.8. The van der Waals surface area contributed by atoms with Crippen molar-refractivity contribution in [2.24, 2.45) is 11.8 Å². The third-order valence-electron chi connectivity index (χ3n) is 5.79. The van der Waals surface area contributed by atoms with Gasteiger partial charge >= 0.3 is 6.09 Å². The first-order valence-electron chi connectivity index (χ1n) is 10.9. The molecule has 1 aliphatic carbocycles. The van der Waals surface area contributed by atoms with E-state index >= 15 is 0 Å². The lowest BCUT2D eigenvalue weighted by atomic mass is 9.84. The lowest BCUT2D eigenvalue weighted by molar-refractivity contribution is -0.157. The van der Waals surface area contributed by atoms with Crippen LogP contribution in [0.3, 0.4) is 0 Å². The molecule has 1 aromatic heterocycles. The number of hydrogen-bond acceptors (Lipinski definition) is 7. The molecule has 168 valence electrons. The second-order valence-corrected chi connectivity index (χ2v) is 9.29. The molecule has 2 aliphatic heterocycles. The van der Waals surface area contributed by atoms with Crippen LogP contribution in [0.2, 0.25) is 0 Å². The third-order valence-corrected chi connectivity index (χ3v) is 7.14. The van der Waals surface area contributed by atoms with Crippen LogP contribution < -0.4 is 5.32 Å². The number of hydroxylamine groups is 2. The van der Waals surface area contributed by atoms with E-state index in [2.05, 4.69) is 16.4 Å². The molecular weight excluding hydrogens is 428 g/mol. The average Bonchev–Trinajstić information content (AvgIpc) is 3.18. The van der Waals surface area contributed by atoms with E-state index in [1.807, 2.05) is 6.07 Å². The van der Waals surface area contributed by atoms with E-state index in [9.17, 15) is 14.9 Å². The molecule has 3 unspecified atom stereocenters. The number of nitrogens with zero attached hydrogens (tertiary/aromatic N) is 3. The second kappa shape index (κ2) is 10.7. The number of ether oxygens (including phenoxy) is 1. The van der Waals surface area contributed by atoms with Gasteiger partial charge in [-0.1, -0.05) is 6.07 Å². The van der Waals surface area contributed by atoms with Gasteiger partial charge in [0.05, 0.1) is 37.1 Å². The minimum Gasteiger partial charge on any atom is -0.448 e. The fraction of sp³-hybridized carbons (Fsp3) is 0.478. The fourth-order valence-electron chi connectivity index (χ4n) is 4.09. The van der Waals surface area contributed by atoms with Gasteiger partial charge < -0.3 is 10.1 Å². The highest BCUT2D eigenvalue weighted by Gasteiger charge is 2.39. The number of rotatable bonds is 5. The number of aromatic nitrogens is 1. The van der Waals surface area contributed by atoms with Crippen LogP contribution in [-0.2, 0) is 14.4 Å². The number of carbonyl (C=O) groups is 2. The Labute approximate surface area is 191 Å². The van der Waals surface area contributed by atoms with E-state index in [4.69, 9.17) is 9.57 Å². The van der Waals surface area contributed by atoms with Crippen molar-refractivity contribution in [2.75, 3.05) is 19.8 Å². The Morgan fingerprint density at radius 3 is 3.09 bits per heavy atom. The van der Waals surface area contributed by atoms with Crippen molar-refractivity contribution in [3.05, 3.63) is 46.6 Å². The van der Waals surface area contributed by atoms with Crippen molar-refractivity contribution in [3.63, 3.8) is 0 Å². The summed E-state index contributed by atoms with van der Waals surface area (Å²) in [5.74, 6) is -0.372. The summed E-state index contributed by atoms with van der Waals surface area (Å²) in [6, 6.07) is 6.04. The first kappa shape index (κ1) is 22.4. The number of allylic oxidation sites excluding steroid dienone is 1. The van der Waals surface area contributed by atoms with Crippen molar-refractivity contribution < 1.29 is 19.2 Å². The third kappa shape index (κ3) is 5.50. The molecule has 1 saturated heterocycles. The number of carbonyl (C=O) groups excluding carboxylic acids is 2. The molecule has 1 aromatic rings. The Bertz CT molecular complexity index is 937. The number of nitriles is 1. The minimum absolute atomic E-state index is 0.203. The zero-order valence-electron chi connectivity index (χ0n) is 17.7. The fourth-order valence-corrected chi connectivity index (χ4v) is 5.64. The highest BCUT2D eigenvalue weighted by molar-refractivity contribution is 8.04. The molecule has 0 bridgehead atoms. The predicted octanol–water partition coefficient (Wildman–Crippen LogP) is 3.64. The summed E-state index contributed by atoms with van der Waals surface area (Å²) in [5, 5.41) is 13.7. The van der Waals surface area contributed by atoms with Gasteiger partial charge in [-0.25, -0.2) is 4.79 Å². The van der Waals surface area contributed by atoms with Crippen LogP contribution in [0.15, 0.2) is 41.1 Å². The Morgan fingerprint density at radius 1 is 1.44 bits per heavy atom. The summed E-state index contributed by atoms with van der Waals surface area (Å²) in [5.41, 5.74) is 1.95. The Hall–Kier alpha value is -2.83. The number of amides is 2. The van der Waals surface area contributed by atoms with E-state index in [1.165, 1.54) is 11.1 Å². The Morgan fingerprint density at radius 2 is 2.34 bits per heavy atom. The molecular formula is C23H26N4O4S. The van der Waals surface area contributed by atoms with E-state index < -0.39 is 6.09 Å². The molecule has 0 radical (unpaired) electrons. The van der Waals surface area contributed by atoms with E-state index in [-0.39, 0.29) is 23.1 Å². The molecule has 1 N–H and O–H groups in total. The zero-order valence-corrected chi connectivity index (χ0v) is 18.6. The van der Waals surface area contributed by atoms with Gasteiger partial charge in [-0.2, -0.15) is 10.3 Å². The summed E-state index contributed by atoms with van der Waals surface area (Å²) in [4.78, 5) is 35.1. The van der Waals surface area contributed by atoms with Crippen molar-refractivity contribution in [3.8, 4) is 6.07 Å². The Kier molecular flexibility index (Phi) is 7.45. The standard InChI is InChI=1S/C23H26N4O4S/c24-13-19-18-7-5-17(15-30-23(29)27-10-1-2-11-31-27)12-20(18)32-22(19)26-21(28)8-6-16-4-3-9-25-14-16/h3-4,6,8-9,14,17,19,22H,1-2,5,7,10-12,15H2,(H,26,28)/b8-6+. The van der Waals surface area contributed by atoms with Crippen LogP contribution >= 0.6 is 11.8 Å². The van der Waals surface area contributed by atoms with Gasteiger partial charge in [0, 0.05) is 18.5 Å². The summed E-state index contributed by atoms with van der Waals surface area (Å²) < 4.78 is 5.47. The van der Waals surface area contributed by atoms with E-state index in [0.717, 1.165) is 48.1 Å². The second-order valence-electron chi connectivity index (χ2n) is 8.05. The summed E-state index contributed by atoms with van der Waals surface area (Å²) in [7, 11) is 0. The molecule has 0 aromatic carbocycles. The molecule has 9 heteroatoms. The molecule has 32 heavy (non-hydrogen) atoms. The highest BCUT2D eigenvalue weighted by atomic mass is 32.2. The van der Waals surface area contributed by atoms with Gasteiger partial charge in [0.2, 0.25) is 5.91 Å². The number of nitrogens with one attached hydrogen (secondary N) is 1. The minimum atomic E-state index is -0.427. The SMILES string of the molecule is N#CC1C2=C(CC(COC(=O)N3CCCCO3)CC2)SC1NC(=O)/C=C/c1cccnc1. The van der Waals surface area contributed by atoms with Crippen LogP contribution in [0.1, 0.15) is 37.7 Å². The number of thioether (sulfide) groups is 1. The summed E-state index contributed by atoms with van der Waals surface area (Å²) in [6.07, 6.45) is 10.4. The van der Waals surface area contributed by atoms with E-state index in [1.54, 1.807) is 36.3 Å². The molecule has 3 heterocycles. The molecule has 1 fully saturated rings. The number of pyridine rings is 1. The van der Waals surface area contributed by atoms with Gasteiger partial charge in [0.15, 0.2) is 0 Å². The lowest BCUT2D eigenvalue weighted by Gasteiger charge is -2.27. The van der Waals surface area contributed by atoms with Gasteiger partial charge in [-0.3, -0.25) is 14.6 Å². The summed E-state index contributed by atoms with van der Waals surface area (Å²) >= 11 is 1.55. The Balaban J connectivity index is 1.29. The van der Waals surface area contributed by atoms with Crippen LogP contribution in [0.5, 0.6) is 0 Å². The monoisotopic (exact) mass is 454 g/mol. The van der Waals surface area contributed by atoms with Crippen LogP contribution in [0, 0.1) is 23.2 Å². The molecule has 8 nitrogen and oxygen atoms in total. The molecule has 3 atom stereocenters. The summed E-state index contributed by atoms with van der Waals surface area (Å²) in [6.45, 7) is 1.44.